The van der Waals surface area contributed by atoms with Gasteiger partial charge in [-0.05, 0) is 31.1 Å². The van der Waals surface area contributed by atoms with Crippen LogP contribution >= 0.6 is 0 Å². The van der Waals surface area contributed by atoms with Crippen molar-refractivity contribution in [3.05, 3.63) is 0 Å². The van der Waals surface area contributed by atoms with Crippen LogP contribution in [0, 0.1) is 11.8 Å². The van der Waals surface area contributed by atoms with Crippen molar-refractivity contribution in [2.24, 2.45) is 17.6 Å². The molecule has 1 unspecified atom stereocenters. The van der Waals surface area contributed by atoms with E-state index in [9.17, 15) is 0 Å². The van der Waals surface area contributed by atoms with Gasteiger partial charge in [-0.15, -0.1) is 0 Å². The summed E-state index contributed by atoms with van der Waals surface area (Å²) in [5.41, 5.74) is 6.36. The van der Waals surface area contributed by atoms with E-state index in [1.807, 2.05) is 0 Å². The number of rotatable bonds is 3. The lowest BCUT2D eigenvalue weighted by molar-refractivity contribution is 0.322. The van der Waals surface area contributed by atoms with Crippen molar-refractivity contribution in [1.82, 2.24) is 0 Å². The predicted octanol–water partition coefficient (Wildman–Crippen LogP) is 3.86. The summed E-state index contributed by atoms with van der Waals surface area (Å²) in [6, 6.07) is 0.524. The van der Waals surface area contributed by atoms with E-state index in [0.29, 0.717) is 6.04 Å². The molecule has 1 nitrogen and oxygen atoms in total. The van der Waals surface area contributed by atoms with Gasteiger partial charge >= 0.3 is 0 Å². The van der Waals surface area contributed by atoms with Gasteiger partial charge in [0.25, 0.3) is 0 Å². The van der Waals surface area contributed by atoms with Gasteiger partial charge in [-0.1, -0.05) is 51.4 Å². The van der Waals surface area contributed by atoms with Gasteiger partial charge in [0.1, 0.15) is 0 Å². The third-order valence-corrected chi connectivity index (χ3v) is 4.59. The summed E-state index contributed by atoms with van der Waals surface area (Å²) in [7, 11) is 0. The highest BCUT2D eigenvalue weighted by Gasteiger charge is 2.24. The minimum atomic E-state index is 0.524. The molecule has 0 aromatic heterocycles. The van der Waals surface area contributed by atoms with Gasteiger partial charge in [-0.2, -0.15) is 0 Å². The largest absolute Gasteiger partial charge is 0.327 e. The molecule has 15 heavy (non-hydrogen) atoms. The number of hydrogen-bond acceptors (Lipinski definition) is 1. The minimum absolute atomic E-state index is 0.524. The van der Waals surface area contributed by atoms with Gasteiger partial charge < -0.3 is 5.73 Å². The molecule has 2 aliphatic carbocycles. The first-order chi connectivity index (χ1) is 7.36. The van der Waals surface area contributed by atoms with Crippen LogP contribution in [0.1, 0.15) is 70.6 Å². The first kappa shape index (κ1) is 11.4. The lowest BCUT2D eigenvalue weighted by atomic mass is 9.86. The van der Waals surface area contributed by atoms with Gasteiger partial charge in [0.05, 0.1) is 0 Å². The Kier molecular flexibility index (Phi) is 4.49. The number of nitrogens with two attached hydrogens (primary N) is 1. The maximum Gasteiger partial charge on any atom is 0.00697 e. The molecule has 0 radical (unpaired) electrons. The molecule has 1 atom stereocenters. The van der Waals surface area contributed by atoms with E-state index in [0.717, 1.165) is 11.8 Å². The van der Waals surface area contributed by atoms with Gasteiger partial charge in [-0.3, -0.25) is 0 Å². The molecule has 2 rings (SSSR count). The monoisotopic (exact) mass is 209 g/mol. The Morgan fingerprint density at radius 1 is 0.800 bits per heavy atom. The topological polar surface area (TPSA) is 26.0 Å². The summed E-state index contributed by atoms with van der Waals surface area (Å²) in [5, 5.41) is 0. The third kappa shape index (κ3) is 3.48. The fourth-order valence-corrected chi connectivity index (χ4v) is 3.56. The zero-order chi connectivity index (χ0) is 10.5. The Morgan fingerprint density at radius 3 is 1.93 bits per heavy atom. The second-order valence-corrected chi connectivity index (χ2v) is 5.80. The molecule has 0 aromatic rings. The van der Waals surface area contributed by atoms with Crippen molar-refractivity contribution in [1.29, 1.82) is 0 Å². The van der Waals surface area contributed by atoms with Crippen LogP contribution in [0.3, 0.4) is 0 Å². The average molecular weight is 209 g/mol. The van der Waals surface area contributed by atoms with Crippen molar-refractivity contribution in [2.45, 2.75) is 76.7 Å². The third-order valence-electron chi connectivity index (χ3n) is 4.59. The molecule has 2 fully saturated rings. The summed E-state index contributed by atoms with van der Waals surface area (Å²) < 4.78 is 0. The van der Waals surface area contributed by atoms with Crippen LogP contribution in [-0.4, -0.2) is 6.04 Å². The van der Waals surface area contributed by atoms with E-state index in [-0.39, 0.29) is 0 Å². The Labute approximate surface area is 94.8 Å². The van der Waals surface area contributed by atoms with Gasteiger partial charge in [0, 0.05) is 6.04 Å². The van der Waals surface area contributed by atoms with Crippen LogP contribution in [0.5, 0.6) is 0 Å². The average Bonchev–Trinajstić information content (AvgIpc) is 2.65. The molecule has 2 saturated carbocycles. The Hall–Kier alpha value is -0.0400. The summed E-state index contributed by atoms with van der Waals surface area (Å²) in [6.45, 7) is 0. The minimum Gasteiger partial charge on any atom is -0.327 e. The summed E-state index contributed by atoms with van der Waals surface area (Å²) >= 11 is 0. The fourth-order valence-electron chi connectivity index (χ4n) is 3.56. The molecule has 0 aromatic carbocycles. The predicted molar refractivity (Wildman–Crippen MR) is 65.7 cm³/mol. The highest BCUT2D eigenvalue weighted by molar-refractivity contribution is 4.80. The molecule has 88 valence electrons. The van der Waals surface area contributed by atoms with Crippen LogP contribution in [0.4, 0.5) is 0 Å². The van der Waals surface area contributed by atoms with Crippen molar-refractivity contribution in [2.75, 3.05) is 0 Å². The highest BCUT2D eigenvalue weighted by Crippen LogP contribution is 2.32. The van der Waals surface area contributed by atoms with E-state index in [2.05, 4.69) is 0 Å². The van der Waals surface area contributed by atoms with Crippen molar-refractivity contribution < 1.29 is 0 Å². The zero-order valence-corrected chi connectivity index (χ0v) is 10.1. The SMILES string of the molecule is NC(CC1CCCCCC1)C1CCCC1. The van der Waals surface area contributed by atoms with Crippen LogP contribution in [-0.2, 0) is 0 Å². The first-order valence-corrected chi connectivity index (χ1v) is 7.12. The molecule has 0 saturated heterocycles. The molecule has 2 aliphatic rings. The molecular weight excluding hydrogens is 182 g/mol. The van der Waals surface area contributed by atoms with Gasteiger partial charge in [-0.25, -0.2) is 0 Å². The lowest BCUT2D eigenvalue weighted by Gasteiger charge is -2.23. The quantitative estimate of drug-likeness (QED) is 0.702. The second-order valence-electron chi connectivity index (χ2n) is 5.80. The lowest BCUT2D eigenvalue weighted by Crippen LogP contribution is -2.30. The maximum atomic E-state index is 6.36. The summed E-state index contributed by atoms with van der Waals surface area (Å²) in [6.07, 6.45) is 15.8. The zero-order valence-electron chi connectivity index (χ0n) is 10.1. The maximum absolute atomic E-state index is 6.36. The van der Waals surface area contributed by atoms with E-state index in [4.69, 9.17) is 5.73 Å². The summed E-state index contributed by atoms with van der Waals surface area (Å²) in [4.78, 5) is 0. The molecule has 1 heteroatoms. The van der Waals surface area contributed by atoms with E-state index >= 15 is 0 Å². The Balaban J connectivity index is 1.73. The smallest absolute Gasteiger partial charge is 0.00697 e. The highest BCUT2D eigenvalue weighted by atomic mass is 14.7. The van der Waals surface area contributed by atoms with E-state index < -0.39 is 0 Å². The first-order valence-electron chi connectivity index (χ1n) is 7.12. The van der Waals surface area contributed by atoms with E-state index in [1.54, 1.807) is 0 Å². The van der Waals surface area contributed by atoms with Crippen molar-refractivity contribution in [3.63, 3.8) is 0 Å². The van der Waals surface area contributed by atoms with Crippen LogP contribution in [0.25, 0.3) is 0 Å². The fraction of sp³-hybridized carbons (Fsp3) is 1.00. The van der Waals surface area contributed by atoms with Crippen LogP contribution in [0.2, 0.25) is 0 Å². The second kappa shape index (κ2) is 5.89. The Bertz CT molecular complexity index is 164. The van der Waals surface area contributed by atoms with Crippen LogP contribution in [0.15, 0.2) is 0 Å². The van der Waals surface area contributed by atoms with Crippen molar-refractivity contribution >= 4 is 0 Å². The van der Waals surface area contributed by atoms with Gasteiger partial charge in [0.15, 0.2) is 0 Å². The number of hydrogen-bond donors (Lipinski definition) is 1. The molecular formula is C14H27N. The Morgan fingerprint density at radius 2 is 1.33 bits per heavy atom. The molecule has 2 N–H and O–H groups in total. The van der Waals surface area contributed by atoms with E-state index in [1.165, 1.54) is 70.6 Å². The molecule has 0 amide bonds. The van der Waals surface area contributed by atoms with Crippen LogP contribution < -0.4 is 5.73 Å². The molecule has 0 aliphatic heterocycles. The molecule has 0 spiro atoms. The van der Waals surface area contributed by atoms with Crippen molar-refractivity contribution in [3.8, 4) is 0 Å². The standard InChI is InChI=1S/C14H27N/c15-14(13-9-5-6-10-13)11-12-7-3-1-2-4-8-12/h12-14H,1-11,15H2. The normalized spacial score (nSPS) is 27.8. The molecule has 0 bridgehead atoms. The van der Waals surface area contributed by atoms with Gasteiger partial charge in [0.2, 0.25) is 0 Å². The molecule has 0 heterocycles. The summed E-state index contributed by atoms with van der Waals surface area (Å²) in [5.74, 6) is 1.83.